The van der Waals surface area contributed by atoms with Crippen molar-refractivity contribution in [3.63, 3.8) is 0 Å². The first-order chi connectivity index (χ1) is 15.5. The second-order valence-electron chi connectivity index (χ2n) is 7.45. The van der Waals surface area contributed by atoms with Gasteiger partial charge in [-0.25, -0.2) is 9.79 Å². The normalized spacial score (nSPS) is 16.5. The van der Waals surface area contributed by atoms with Crippen molar-refractivity contribution in [2.24, 2.45) is 4.99 Å². The van der Waals surface area contributed by atoms with Crippen LogP contribution in [-0.4, -0.2) is 36.8 Å². The SMILES string of the molecule is CCOC(=O)c1ccc(N2CN=c3sc(=C4C(=O)N(C)c5ccccc54)c(=O)n3C2)cc1. The highest BCUT2D eigenvalue weighted by molar-refractivity contribution is 7.07. The Balaban J connectivity index is 1.52. The summed E-state index contributed by atoms with van der Waals surface area (Å²) in [5.41, 5.74) is 3.07. The Labute approximate surface area is 187 Å². The van der Waals surface area contributed by atoms with E-state index in [-0.39, 0.29) is 17.4 Å². The predicted octanol–water partition coefficient (Wildman–Crippen LogP) is 1.32. The highest BCUT2D eigenvalue weighted by Gasteiger charge is 2.32. The number of ether oxygens (including phenoxy) is 1. The number of rotatable bonds is 3. The largest absolute Gasteiger partial charge is 0.462 e. The van der Waals surface area contributed by atoms with Crippen molar-refractivity contribution in [3.8, 4) is 0 Å². The number of hydrogen-bond donors (Lipinski definition) is 0. The second-order valence-corrected chi connectivity index (χ2v) is 8.43. The minimum absolute atomic E-state index is 0.186. The molecule has 0 unspecified atom stereocenters. The molecule has 0 saturated heterocycles. The summed E-state index contributed by atoms with van der Waals surface area (Å²) in [5, 5.41) is 0. The molecule has 0 aliphatic carbocycles. The fraction of sp³-hybridized carbons (Fsp3) is 0.217. The van der Waals surface area contributed by atoms with Crippen LogP contribution in [-0.2, 0) is 16.2 Å². The van der Waals surface area contributed by atoms with Crippen molar-refractivity contribution >= 4 is 40.2 Å². The van der Waals surface area contributed by atoms with Gasteiger partial charge in [0, 0.05) is 18.3 Å². The number of esters is 1. The quantitative estimate of drug-likeness (QED) is 0.565. The number of anilines is 2. The van der Waals surface area contributed by atoms with E-state index in [1.807, 2.05) is 41.3 Å². The number of aromatic nitrogens is 1. The van der Waals surface area contributed by atoms with Gasteiger partial charge in [0.2, 0.25) is 0 Å². The fourth-order valence-electron chi connectivity index (χ4n) is 3.94. The van der Waals surface area contributed by atoms with Gasteiger partial charge in [-0.2, -0.15) is 0 Å². The summed E-state index contributed by atoms with van der Waals surface area (Å²) in [5.74, 6) is -0.555. The molecule has 0 bridgehead atoms. The van der Waals surface area contributed by atoms with Crippen molar-refractivity contribution in [1.82, 2.24) is 4.57 Å². The first kappa shape index (κ1) is 20.2. The molecule has 3 aromatic rings. The average Bonchev–Trinajstić information content (AvgIpc) is 3.27. The van der Waals surface area contributed by atoms with Crippen molar-refractivity contribution < 1.29 is 14.3 Å². The summed E-state index contributed by atoms with van der Waals surface area (Å²) in [6.07, 6.45) is 0. The molecule has 0 radical (unpaired) electrons. The molecule has 3 heterocycles. The third-order valence-corrected chi connectivity index (χ3v) is 6.69. The van der Waals surface area contributed by atoms with Crippen molar-refractivity contribution in [1.29, 1.82) is 0 Å². The Kier molecular flexibility index (Phi) is 4.90. The van der Waals surface area contributed by atoms with Crippen molar-refractivity contribution in [2.45, 2.75) is 13.6 Å². The second kappa shape index (κ2) is 7.76. The molecule has 2 aromatic carbocycles. The van der Waals surface area contributed by atoms with E-state index < -0.39 is 0 Å². The molecule has 0 atom stereocenters. The number of nitrogens with zero attached hydrogens (tertiary/aromatic N) is 4. The van der Waals surface area contributed by atoms with E-state index >= 15 is 0 Å². The minimum Gasteiger partial charge on any atom is -0.462 e. The summed E-state index contributed by atoms with van der Waals surface area (Å²) < 4.78 is 7.01. The standard InChI is InChI=1S/C23H20N4O4S/c1-3-31-22(30)14-8-10-15(11-9-14)26-12-24-23-27(13-26)21(29)19(32-23)18-16-6-4-5-7-17(16)25(2)20(18)28/h4-11H,3,12-13H2,1-2H3. The van der Waals surface area contributed by atoms with Gasteiger partial charge in [-0.15, -0.1) is 0 Å². The molecule has 32 heavy (non-hydrogen) atoms. The summed E-state index contributed by atoms with van der Waals surface area (Å²) in [6, 6.07) is 14.5. The predicted molar refractivity (Wildman–Crippen MR) is 121 cm³/mol. The lowest BCUT2D eigenvalue weighted by Gasteiger charge is -2.25. The van der Waals surface area contributed by atoms with Gasteiger partial charge in [-0.3, -0.25) is 14.2 Å². The molecular weight excluding hydrogens is 428 g/mol. The van der Waals surface area contributed by atoms with E-state index in [2.05, 4.69) is 4.99 Å². The first-order valence-electron chi connectivity index (χ1n) is 10.2. The van der Waals surface area contributed by atoms with E-state index in [0.717, 1.165) is 16.9 Å². The highest BCUT2D eigenvalue weighted by atomic mass is 32.1. The molecule has 0 fully saturated rings. The molecule has 0 saturated carbocycles. The third kappa shape index (κ3) is 3.13. The zero-order valence-electron chi connectivity index (χ0n) is 17.6. The molecule has 5 rings (SSSR count). The van der Waals surface area contributed by atoms with Gasteiger partial charge < -0.3 is 14.5 Å². The van der Waals surface area contributed by atoms with Crippen LogP contribution in [0.3, 0.4) is 0 Å². The van der Waals surface area contributed by atoms with Crippen molar-refractivity contribution in [2.75, 3.05) is 30.1 Å². The molecule has 0 spiro atoms. The number of benzene rings is 2. The molecule has 2 aliphatic rings. The molecule has 8 nitrogen and oxygen atoms in total. The number of amides is 1. The maximum atomic E-state index is 13.3. The van der Waals surface area contributed by atoms with Crippen LogP contribution in [0.4, 0.5) is 11.4 Å². The molecule has 162 valence electrons. The van der Waals surface area contributed by atoms with Crippen LogP contribution in [0, 0.1) is 0 Å². The average molecular weight is 449 g/mol. The molecule has 1 aromatic heterocycles. The monoisotopic (exact) mass is 448 g/mol. The number of para-hydroxylation sites is 1. The maximum absolute atomic E-state index is 13.3. The Morgan fingerprint density at radius 1 is 1.12 bits per heavy atom. The van der Waals surface area contributed by atoms with Crippen molar-refractivity contribution in [3.05, 3.63) is 79.3 Å². The lowest BCUT2D eigenvalue weighted by atomic mass is 10.1. The molecule has 9 heteroatoms. The van der Waals surface area contributed by atoms with Gasteiger partial charge in [0.15, 0.2) is 4.80 Å². The lowest BCUT2D eigenvalue weighted by molar-refractivity contribution is -0.112. The number of likely N-dealkylation sites (N-methyl/N-ethyl adjacent to an activating group) is 1. The van der Waals surface area contributed by atoms with Gasteiger partial charge in [-0.05, 0) is 37.3 Å². The zero-order chi connectivity index (χ0) is 22.4. The van der Waals surface area contributed by atoms with E-state index in [1.165, 1.54) is 11.3 Å². The first-order valence-corrected chi connectivity index (χ1v) is 11.0. The van der Waals surface area contributed by atoms with Gasteiger partial charge in [0.25, 0.3) is 11.5 Å². The molecule has 2 aliphatic heterocycles. The van der Waals surface area contributed by atoms with E-state index in [1.54, 1.807) is 35.6 Å². The van der Waals surface area contributed by atoms with E-state index in [0.29, 0.717) is 40.4 Å². The number of carbonyl (C=O) groups is 2. The molecule has 1 amide bonds. The van der Waals surface area contributed by atoms with Crippen LogP contribution in [0.5, 0.6) is 0 Å². The zero-order valence-corrected chi connectivity index (χ0v) is 18.4. The van der Waals surface area contributed by atoms with E-state index in [4.69, 9.17) is 4.74 Å². The Bertz CT molecular complexity index is 1420. The smallest absolute Gasteiger partial charge is 0.338 e. The van der Waals surface area contributed by atoms with Crippen LogP contribution >= 0.6 is 11.3 Å². The number of hydrogen-bond acceptors (Lipinski definition) is 7. The summed E-state index contributed by atoms with van der Waals surface area (Å²) >= 11 is 1.25. The number of thiazole rings is 1. The Morgan fingerprint density at radius 2 is 1.88 bits per heavy atom. The lowest BCUT2D eigenvalue weighted by Crippen LogP contribution is -2.43. The highest BCUT2D eigenvalue weighted by Crippen LogP contribution is 2.33. The fourth-order valence-corrected chi connectivity index (χ4v) is 4.99. The van der Waals surface area contributed by atoms with Crippen LogP contribution < -0.4 is 24.7 Å². The molecular formula is C23H20N4O4S. The van der Waals surface area contributed by atoms with Crippen LogP contribution in [0.25, 0.3) is 5.57 Å². The van der Waals surface area contributed by atoms with Gasteiger partial charge in [-0.1, -0.05) is 29.5 Å². The van der Waals surface area contributed by atoms with Gasteiger partial charge >= 0.3 is 5.97 Å². The van der Waals surface area contributed by atoms with Crippen LogP contribution in [0.1, 0.15) is 22.8 Å². The van der Waals surface area contributed by atoms with Gasteiger partial charge in [0.05, 0.1) is 23.4 Å². The molecule has 0 N–H and O–H groups in total. The summed E-state index contributed by atoms with van der Waals surface area (Å²) in [6.45, 7) is 2.77. The van der Waals surface area contributed by atoms with Gasteiger partial charge in [0.1, 0.15) is 17.9 Å². The minimum atomic E-state index is -0.369. The Hall–Kier alpha value is -3.72. The maximum Gasteiger partial charge on any atom is 0.338 e. The topological polar surface area (TPSA) is 84.2 Å². The van der Waals surface area contributed by atoms with Crippen LogP contribution in [0.2, 0.25) is 0 Å². The number of fused-ring (bicyclic) bond motifs is 2. The Morgan fingerprint density at radius 3 is 2.62 bits per heavy atom. The summed E-state index contributed by atoms with van der Waals surface area (Å²) in [4.78, 5) is 46.7. The van der Waals surface area contributed by atoms with Crippen LogP contribution in [0.15, 0.2) is 58.3 Å². The van der Waals surface area contributed by atoms with E-state index in [9.17, 15) is 14.4 Å². The summed E-state index contributed by atoms with van der Waals surface area (Å²) in [7, 11) is 1.71. The number of carbonyl (C=O) groups excluding carboxylic acids is 2. The third-order valence-electron chi connectivity index (χ3n) is 5.58.